The van der Waals surface area contributed by atoms with Gasteiger partial charge in [0.15, 0.2) is 0 Å². The molecular weight excluding hydrogens is 351 g/mol. The Hall–Kier alpha value is 0.922. The molecule has 0 aromatic carbocycles. The Morgan fingerprint density at radius 3 is 0.615 bits per heavy atom. The van der Waals surface area contributed by atoms with E-state index in [2.05, 4.69) is 55.4 Å². The van der Waals surface area contributed by atoms with Crippen LogP contribution in [0.1, 0.15) is 56.4 Å². The molecule has 0 aliphatic rings. The number of hydrogen-bond acceptors (Lipinski definition) is 0. The molecule has 0 nitrogen and oxygen atoms in total. The van der Waals surface area contributed by atoms with Crippen LogP contribution in [0.5, 0.6) is 0 Å². The summed E-state index contributed by atoms with van der Waals surface area (Å²) in [6.07, 6.45) is 0. The van der Waals surface area contributed by atoms with Gasteiger partial charge >= 0.3 is 0 Å². The summed E-state index contributed by atoms with van der Waals surface area (Å²) in [6, 6.07) is 0. The summed E-state index contributed by atoms with van der Waals surface area (Å²) in [4.78, 5) is 0. The summed E-state index contributed by atoms with van der Waals surface area (Å²) in [5.74, 6) is 0. The second kappa shape index (κ2) is 11.0. The van der Waals surface area contributed by atoms with Crippen LogP contribution in [0.2, 0.25) is 0 Å². The fourth-order valence-electron chi connectivity index (χ4n) is 0. The predicted molar refractivity (Wildman–Crippen MR) is 68.8 cm³/mol. The fraction of sp³-hybridized carbons (Fsp3) is 0.833. The van der Waals surface area contributed by atoms with Crippen LogP contribution in [0, 0.1) is 24.7 Å². The van der Waals surface area contributed by atoms with Gasteiger partial charge in [-0.1, -0.05) is 56.4 Å². The standard InChI is InChI=1S/2C5H11.2CH4.Pb/c2*1-5(2,3)4;;;/h2*1H2,2-4H3;2*1H4;. The molecule has 13 heavy (non-hydrogen) atoms. The van der Waals surface area contributed by atoms with Crippen LogP contribution < -0.4 is 0 Å². The maximum absolute atomic E-state index is 3.77. The molecule has 0 N–H and O–H groups in total. The van der Waals surface area contributed by atoms with Gasteiger partial charge in [-0.05, 0) is 24.7 Å². The van der Waals surface area contributed by atoms with Crippen LogP contribution in [0.4, 0.5) is 0 Å². The Bertz CT molecular complexity index is 48.1. The van der Waals surface area contributed by atoms with Gasteiger partial charge in [0.2, 0.25) is 0 Å². The average Bonchev–Trinajstić information content (AvgIpc) is 1.12. The third-order valence-electron chi connectivity index (χ3n) is 0. The molecule has 0 fully saturated rings. The zero-order valence-electron chi connectivity index (χ0n) is 8.91. The minimum absolute atomic E-state index is 0. The maximum Gasteiger partial charge on any atom is 0 e. The van der Waals surface area contributed by atoms with Crippen molar-refractivity contribution in [3.63, 3.8) is 0 Å². The van der Waals surface area contributed by atoms with Gasteiger partial charge in [0.25, 0.3) is 0 Å². The average molecular weight is 382 g/mol. The van der Waals surface area contributed by atoms with Crippen molar-refractivity contribution in [3.8, 4) is 0 Å². The van der Waals surface area contributed by atoms with Crippen LogP contribution in [0.15, 0.2) is 0 Å². The Balaban J connectivity index is -0.0000000267. The van der Waals surface area contributed by atoms with Crippen LogP contribution in [0.3, 0.4) is 0 Å². The van der Waals surface area contributed by atoms with E-state index in [4.69, 9.17) is 0 Å². The van der Waals surface area contributed by atoms with Gasteiger partial charge in [0.1, 0.15) is 0 Å². The Labute approximate surface area is 108 Å². The van der Waals surface area contributed by atoms with Gasteiger partial charge in [0, 0.05) is 27.3 Å². The molecule has 0 bridgehead atoms. The fourth-order valence-corrected chi connectivity index (χ4v) is 0. The van der Waals surface area contributed by atoms with Crippen molar-refractivity contribution in [3.05, 3.63) is 13.8 Å². The Morgan fingerprint density at radius 1 is 0.615 bits per heavy atom. The summed E-state index contributed by atoms with van der Waals surface area (Å²) in [5.41, 5.74) is 0.500. The second-order valence-corrected chi connectivity index (χ2v) is 5.12. The molecule has 0 spiro atoms. The Morgan fingerprint density at radius 2 is 0.615 bits per heavy atom. The third kappa shape index (κ3) is 1810. The summed E-state index contributed by atoms with van der Waals surface area (Å²) < 4.78 is 0. The smallest absolute Gasteiger partial charge is 0 e. The number of hydrogen-bond donors (Lipinski definition) is 0. The molecule has 0 saturated heterocycles. The van der Waals surface area contributed by atoms with E-state index < -0.39 is 0 Å². The van der Waals surface area contributed by atoms with E-state index in [-0.39, 0.29) is 53.0 Å². The normalized spacial score (nSPS) is 9.23. The summed E-state index contributed by atoms with van der Waals surface area (Å²) in [7, 11) is 0. The topological polar surface area (TPSA) is 0 Å². The van der Waals surface area contributed by atoms with Gasteiger partial charge in [-0.25, -0.2) is 0 Å². The molecule has 0 rings (SSSR count). The van der Waals surface area contributed by atoms with Crippen molar-refractivity contribution in [2.45, 2.75) is 56.4 Å². The minimum Gasteiger partial charge on any atom is -0.0776 e. The van der Waals surface area contributed by atoms with Crippen molar-refractivity contribution < 1.29 is 0 Å². The van der Waals surface area contributed by atoms with E-state index in [1.807, 2.05) is 0 Å². The first kappa shape index (κ1) is 29.2. The van der Waals surface area contributed by atoms with Gasteiger partial charge in [-0.3, -0.25) is 0 Å². The van der Waals surface area contributed by atoms with E-state index in [0.717, 1.165) is 0 Å². The number of rotatable bonds is 0. The quantitative estimate of drug-likeness (QED) is 0.537. The van der Waals surface area contributed by atoms with E-state index >= 15 is 0 Å². The predicted octanol–water partition coefficient (Wildman–Crippen LogP) is 4.62. The van der Waals surface area contributed by atoms with Crippen molar-refractivity contribution in [1.82, 2.24) is 0 Å². The summed E-state index contributed by atoms with van der Waals surface area (Å²) in [6.45, 7) is 20.0. The maximum atomic E-state index is 3.77. The van der Waals surface area contributed by atoms with Crippen LogP contribution in [-0.2, 0) is 0 Å². The van der Waals surface area contributed by atoms with Gasteiger partial charge in [-0.2, -0.15) is 0 Å². The molecule has 0 aliphatic carbocycles. The van der Waals surface area contributed by atoms with E-state index in [9.17, 15) is 0 Å². The molecule has 6 radical (unpaired) electrons. The van der Waals surface area contributed by atoms with Gasteiger partial charge < -0.3 is 0 Å². The minimum atomic E-state index is 0. The van der Waals surface area contributed by atoms with Crippen LogP contribution in [0.25, 0.3) is 0 Å². The van der Waals surface area contributed by atoms with E-state index in [1.165, 1.54) is 0 Å². The molecule has 0 heterocycles. The van der Waals surface area contributed by atoms with Crippen molar-refractivity contribution >= 4 is 27.3 Å². The zero-order valence-corrected chi connectivity index (χ0v) is 12.8. The molecule has 0 aliphatic heterocycles. The SMILES string of the molecule is C.C.[CH2]C(C)(C)C.[CH2]C(C)(C)C.[Pb]. The van der Waals surface area contributed by atoms with Crippen molar-refractivity contribution in [1.29, 1.82) is 0 Å². The molecule has 1 heteroatoms. The molecule has 0 aromatic heterocycles. The van der Waals surface area contributed by atoms with Crippen LogP contribution in [-0.4, -0.2) is 27.3 Å². The molecular formula is C12H30Pb. The molecule has 0 amide bonds. The summed E-state index contributed by atoms with van der Waals surface area (Å²) >= 11 is 0. The van der Waals surface area contributed by atoms with Crippen molar-refractivity contribution in [2.75, 3.05) is 0 Å². The van der Waals surface area contributed by atoms with E-state index in [1.54, 1.807) is 0 Å². The zero-order chi connectivity index (χ0) is 9.00. The Kier molecular flexibility index (Phi) is 24.7. The third-order valence-corrected chi connectivity index (χ3v) is 0. The molecule has 82 valence electrons. The van der Waals surface area contributed by atoms with Crippen LogP contribution >= 0.6 is 0 Å². The van der Waals surface area contributed by atoms with Gasteiger partial charge in [0.05, 0.1) is 0 Å². The first-order chi connectivity index (χ1) is 4.00. The molecule has 0 unspecified atom stereocenters. The largest absolute Gasteiger partial charge is 0.0776 e. The van der Waals surface area contributed by atoms with Gasteiger partial charge in [-0.15, -0.1) is 0 Å². The molecule has 0 saturated carbocycles. The first-order valence-electron chi connectivity index (χ1n) is 3.71. The molecule has 0 atom stereocenters. The summed E-state index contributed by atoms with van der Waals surface area (Å²) in [5, 5.41) is 0. The second-order valence-electron chi connectivity index (χ2n) is 5.12. The first-order valence-corrected chi connectivity index (χ1v) is 3.71. The monoisotopic (exact) mass is 382 g/mol. The van der Waals surface area contributed by atoms with E-state index in [0.29, 0.717) is 0 Å². The van der Waals surface area contributed by atoms with Crippen molar-refractivity contribution in [2.24, 2.45) is 10.8 Å². The molecule has 0 aromatic rings.